The molecule has 152 valence electrons. The van der Waals surface area contributed by atoms with Crippen molar-refractivity contribution in [2.45, 2.75) is 6.42 Å². The van der Waals surface area contributed by atoms with Gasteiger partial charge in [0.15, 0.2) is 18.1 Å². The van der Waals surface area contributed by atoms with Gasteiger partial charge in [0, 0.05) is 6.42 Å². The molecule has 8 nitrogen and oxygen atoms in total. The van der Waals surface area contributed by atoms with Crippen LogP contribution >= 0.6 is 0 Å². The Morgan fingerprint density at radius 2 is 1.69 bits per heavy atom. The molecule has 0 spiro atoms. The fourth-order valence-corrected chi connectivity index (χ4v) is 3.01. The molecule has 0 aromatic heterocycles. The van der Waals surface area contributed by atoms with Crippen LogP contribution in [0.25, 0.3) is 0 Å². The predicted octanol–water partition coefficient (Wildman–Crippen LogP) is 2.51. The Balaban J connectivity index is 1.67. The zero-order chi connectivity index (χ0) is 20.8. The van der Waals surface area contributed by atoms with Crippen LogP contribution in [0.1, 0.15) is 22.3 Å². The lowest BCUT2D eigenvalue weighted by Gasteiger charge is -2.15. The van der Waals surface area contributed by atoms with Gasteiger partial charge in [0.05, 0.1) is 33.6 Å². The van der Waals surface area contributed by atoms with E-state index < -0.39 is 18.5 Å². The highest BCUT2D eigenvalue weighted by Crippen LogP contribution is 2.39. The van der Waals surface area contributed by atoms with E-state index >= 15 is 0 Å². The summed E-state index contributed by atoms with van der Waals surface area (Å²) in [5.74, 6) is -0.245. The fourth-order valence-electron chi connectivity index (χ4n) is 3.01. The van der Waals surface area contributed by atoms with Gasteiger partial charge in [0.2, 0.25) is 5.75 Å². The summed E-state index contributed by atoms with van der Waals surface area (Å²) in [7, 11) is 4.33. The lowest BCUT2D eigenvalue weighted by molar-refractivity contribution is -0.134. The molecule has 1 heterocycles. The van der Waals surface area contributed by atoms with Crippen LogP contribution in [0.15, 0.2) is 47.6 Å². The van der Waals surface area contributed by atoms with Gasteiger partial charge in [-0.15, -0.1) is 0 Å². The normalized spacial score (nSPS) is 12.9. The lowest BCUT2D eigenvalue weighted by atomic mass is 10.1. The minimum atomic E-state index is -0.706. The highest BCUT2D eigenvalue weighted by molar-refractivity contribution is 6.03. The minimum Gasteiger partial charge on any atom is -0.493 e. The molecule has 0 fully saturated rings. The zero-order valence-electron chi connectivity index (χ0n) is 16.5. The van der Waals surface area contributed by atoms with Crippen molar-refractivity contribution in [3.63, 3.8) is 0 Å². The van der Waals surface area contributed by atoms with Gasteiger partial charge in [-0.3, -0.25) is 4.79 Å². The minimum absolute atomic E-state index is 0.132. The smallest absolute Gasteiger partial charge is 0.342 e. The van der Waals surface area contributed by atoms with E-state index in [0.29, 0.717) is 18.7 Å². The number of carbonyl (C=O) groups is 2. The third-order valence-corrected chi connectivity index (χ3v) is 4.45. The van der Waals surface area contributed by atoms with Gasteiger partial charge < -0.3 is 18.9 Å². The van der Waals surface area contributed by atoms with Crippen LogP contribution < -0.4 is 14.2 Å². The van der Waals surface area contributed by atoms with Crippen molar-refractivity contribution in [3.05, 3.63) is 53.6 Å². The van der Waals surface area contributed by atoms with Gasteiger partial charge in [-0.1, -0.05) is 30.3 Å². The fraction of sp³-hybridized carbons (Fsp3) is 0.286. The van der Waals surface area contributed by atoms with E-state index in [1.54, 1.807) is 6.07 Å². The maximum Gasteiger partial charge on any atom is 0.342 e. The summed E-state index contributed by atoms with van der Waals surface area (Å²) < 4.78 is 20.9. The summed E-state index contributed by atoms with van der Waals surface area (Å²) >= 11 is 0. The van der Waals surface area contributed by atoms with Crippen LogP contribution in [0.4, 0.5) is 0 Å². The Morgan fingerprint density at radius 1 is 0.966 bits per heavy atom. The van der Waals surface area contributed by atoms with E-state index in [9.17, 15) is 9.59 Å². The number of ether oxygens (including phenoxy) is 4. The van der Waals surface area contributed by atoms with E-state index in [1.165, 1.54) is 32.4 Å². The van der Waals surface area contributed by atoms with E-state index in [4.69, 9.17) is 18.9 Å². The summed E-state index contributed by atoms with van der Waals surface area (Å²) in [5, 5.41) is 5.66. The second-order valence-corrected chi connectivity index (χ2v) is 6.14. The average Bonchev–Trinajstić information content (AvgIpc) is 3.27. The number of methoxy groups -OCH3 is 3. The second-order valence-electron chi connectivity index (χ2n) is 6.14. The molecule has 0 N–H and O–H groups in total. The standard InChI is InChI=1S/C21H22N2O6/c1-26-17-10-9-15(19(27-2)20(17)28-3)21(25)29-13-18(24)23-12-11-16(22-23)14-7-5-4-6-8-14/h4-10H,11-13H2,1-3H3. The van der Waals surface area contributed by atoms with Crippen LogP contribution in [-0.2, 0) is 9.53 Å². The van der Waals surface area contributed by atoms with Crippen LogP contribution in [-0.4, -0.2) is 57.1 Å². The van der Waals surface area contributed by atoms with Gasteiger partial charge in [-0.2, -0.15) is 5.10 Å². The number of amides is 1. The first-order valence-corrected chi connectivity index (χ1v) is 8.98. The van der Waals surface area contributed by atoms with Crippen LogP contribution in [0.2, 0.25) is 0 Å². The molecule has 2 aromatic rings. The molecule has 1 aliphatic rings. The Morgan fingerprint density at radius 3 is 2.34 bits per heavy atom. The molecule has 1 aliphatic heterocycles. The second kappa shape index (κ2) is 9.09. The number of hydrogen-bond donors (Lipinski definition) is 0. The quantitative estimate of drug-likeness (QED) is 0.666. The maximum atomic E-state index is 12.5. The monoisotopic (exact) mass is 398 g/mol. The van der Waals surface area contributed by atoms with E-state index in [0.717, 1.165) is 11.3 Å². The molecule has 2 aromatic carbocycles. The van der Waals surface area contributed by atoms with Crippen LogP contribution in [0.5, 0.6) is 17.2 Å². The van der Waals surface area contributed by atoms with E-state index in [2.05, 4.69) is 5.10 Å². The first-order chi connectivity index (χ1) is 14.1. The third-order valence-electron chi connectivity index (χ3n) is 4.45. The number of carbonyl (C=O) groups excluding carboxylic acids is 2. The molecule has 3 rings (SSSR count). The van der Waals surface area contributed by atoms with Crippen LogP contribution in [0.3, 0.4) is 0 Å². The van der Waals surface area contributed by atoms with Crippen molar-refractivity contribution in [3.8, 4) is 17.2 Å². The Labute approximate surface area is 168 Å². The Kier molecular flexibility index (Phi) is 6.33. The SMILES string of the molecule is COc1ccc(C(=O)OCC(=O)N2CCC(c3ccccc3)=N2)c(OC)c1OC. The van der Waals surface area contributed by atoms with Crippen molar-refractivity contribution in [1.29, 1.82) is 0 Å². The molecule has 0 aliphatic carbocycles. The number of benzene rings is 2. The maximum absolute atomic E-state index is 12.5. The molecule has 0 bridgehead atoms. The molecular weight excluding hydrogens is 376 g/mol. The Hall–Kier alpha value is -3.55. The summed E-state index contributed by atoms with van der Waals surface area (Å²) in [4.78, 5) is 24.9. The molecule has 0 saturated heterocycles. The molecule has 0 unspecified atom stereocenters. The van der Waals surface area contributed by atoms with E-state index in [-0.39, 0.29) is 17.1 Å². The van der Waals surface area contributed by atoms with E-state index in [1.807, 2.05) is 30.3 Å². The highest BCUT2D eigenvalue weighted by atomic mass is 16.5. The topological polar surface area (TPSA) is 86.7 Å². The zero-order valence-corrected chi connectivity index (χ0v) is 16.5. The highest BCUT2D eigenvalue weighted by Gasteiger charge is 2.25. The number of rotatable bonds is 7. The van der Waals surface area contributed by atoms with Gasteiger partial charge in [-0.25, -0.2) is 9.80 Å². The average molecular weight is 398 g/mol. The molecule has 0 saturated carbocycles. The molecule has 8 heteroatoms. The summed E-state index contributed by atoms with van der Waals surface area (Å²) in [6, 6.07) is 12.7. The summed E-state index contributed by atoms with van der Waals surface area (Å²) in [5.41, 5.74) is 1.93. The first kappa shape index (κ1) is 20.2. The number of esters is 1. The Bertz CT molecular complexity index is 926. The summed E-state index contributed by atoms with van der Waals surface area (Å²) in [6.07, 6.45) is 0.646. The third kappa shape index (κ3) is 4.31. The largest absolute Gasteiger partial charge is 0.493 e. The van der Waals surface area contributed by atoms with Crippen molar-refractivity contribution >= 4 is 17.6 Å². The number of nitrogens with zero attached hydrogens (tertiary/aromatic N) is 2. The molecule has 0 radical (unpaired) electrons. The molecule has 1 amide bonds. The molecule has 0 atom stereocenters. The van der Waals surface area contributed by atoms with Crippen molar-refractivity contribution in [2.75, 3.05) is 34.5 Å². The molecular formula is C21H22N2O6. The van der Waals surface area contributed by atoms with Gasteiger partial charge in [-0.05, 0) is 17.7 Å². The van der Waals surface area contributed by atoms with Gasteiger partial charge >= 0.3 is 5.97 Å². The van der Waals surface area contributed by atoms with Crippen LogP contribution in [0, 0.1) is 0 Å². The van der Waals surface area contributed by atoms with Crippen molar-refractivity contribution in [2.24, 2.45) is 5.10 Å². The first-order valence-electron chi connectivity index (χ1n) is 8.98. The summed E-state index contributed by atoms with van der Waals surface area (Å²) in [6.45, 7) is 0.0161. The lowest BCUT2D eigenvalue weighted by Crippen LogP contribution is -2.28. The van der Waals surface area contributed by atoms with Gasteiger partial charge in [0.1, 0.15) is 5.56 Å². The van der Waals surface area contributed by atoms with Crippen molar-refractivity contribution < 1.29 is 28.5 Å². The van der Waals surface area contributed by atoms with Crippen molar-refractivity contribution in [1.82, 2.24) is 5.01 Å². The predicted molar refractivity (Wildman–Crippen MR) is 106 cm³/mol. The van der Waals surface area contributed by atoms with Gasteiger partial charge in [0.25, 0.3) is 5.91 Å². The molecule has 29 heavy (non-hydrogen) atoms. The number of hydrogen-bond acceptors (Lipinski definition) is 7. The number of hydrazone groups is 1.